The molecule has 1 rings (SSSR count). The van der Waals surface area contributed by atoms with E-state index in [2.05, 4.69) is 4.74 Å². The minimum atomic E-state index is -0.226. The number of carbonyl (C=O) groups is 2. The topological polar surface area (TPSA) is 46.6 Å². The van der Waals surface area contributed by atoms with Gasteiger partial charge < -0.3 is 9.64 Å². The van der Waals surface area contributed by atoms with Crippen molar-refractivity contribution in [2.45, 2.75) is 45.1 Å². The van der Waals surface area contributed by atoms with E-state index in [-0.39, 0.29) is 17.9 Å². The van der Waals surface area contributed by atoms with Gasteiger partial charge in [-0.3, -0.25) is 9.59 Å². The zero-order valence-electron chi connectivity index (χ0n) is 9.49. The van der Waals surface area contributed by atoms with E-state index in [0.717, 1.165) is 25.8 Å². The number of hydrogen-bond donors (Lipinski definition) is 0. The Balaban J connectivity index is 2.57. The van der Waals surface area contributed by atoms with Crippen molar-refractivity contribution in [2.24, 2.45) is 0 Å². The fraction of sp³-hybridized carbons (Fsp3) is 0.818. The molecule has 1 atom stereocenters. The number of ether oxygens (including phenoxy) is 1. The first kappa shape index (κ1) is 12.0. The Morgan fingerprint density at radius 2 is 2.13 bits per heavy atom. The van der Waals surface area contributed by atoms with Gasteiger partial charge in [0, 0.05) is 19.0 Å². The van der Waals surface area contributed by atoms with E-state index >= 15 is 0 Å². The molecule has 1 aliphatic rings. The van der Waals surface area contributed by atoms with Crippen LogP contribution in [0.2, 0.25) is 0 Å². The summed E-state index contributed by atoms with van der Waals surface area (Å²) in [4.78, 5) is 24.6. The highest BCUT2D eigenvalue weighted by Crippen LogP contribution is 2.20. The van der Waals surface area contributed by atoms with Gasteiger partial charge in [-0.25, -0.2) is 0 Å². The summed E-state index contributed by atoms with van der Waals surface area (Å²) in [5, 5.41) is 0. The van der Waals surface area contributed by atoms with Crippen molar-refractivity contribution < 1.29 is 14.3 Å². The van der Waals surface area contributed by atoms with Crippen LogP contribution in [-0.4, -0.2) is 36.5 Å². The number of esters is 1. The molecule has 86 valence electrons. The molecule has 1 amide bonds. The smallest absolute Gasteiger partial charge is 0.307 e. The molecule has 1 fully saturated rings. The second kappa shape index (κ2) is 5.73. The van der Waals surface area contributed by atoms with Gasteiger partial charge in [-0.15, -0.1) is 0 Å². The number of rotatable bonds is 3. The third kappa shape index (κ3) is 3.22. The monoisotopic (exact) mass is 213 g/mol. The average molecular weight is 213 g/mol. The summed E-state index contributed by atoms with van der Waals surface area (Å²) in [6.07, 6.45) is 3.90. The van der Waals surface area contributed by atoms with Crippen LogP contribution in [0, 0.1) is 0 Å². The Labute approximate surface area is 90.6 Å². The highest BCUT2D eigenvalue weighted by atomic mass is 16.5. The molecule has 1 saturated heterocycles. The molecule has 1 aliphatic heterocycles. The summed E-state index contributed by atoms with van der Waals surface area (Å²) in [5.74, 6) is -0.0839. The van der Waals surface area contributed by atoms with Crippen molar-refractivity contribution in [3.05, 3.63) is 0 Å². The second-order valence-corrected chi connectivity index (χ2v) is 3.87. The van der Waals surface area contributed by atoms with Gasteiger partial charge in [0.2, 0.25) is 5.91 Å². The van der Waals surface area contributed by atoms with E-state index in [1.54, 1.807) is 0 Å². The standard InChI is InChI=1S/C11H19NO3/c1-3-10(13)12-7-5-4-6-9(12)8-11(14)15-2/h9H,3-8H2,1-2H3. The number of carbonyl (C=O) groups excluding carboxylic acids is 2. The van der Waals surface area contributed by atoms with Crippen molar-refractivity contribution in [1.82, 2.24) is 4.90 Å². The van der Waals surface area contributed by atoms with Crippen molar-refractivity contribution in [3.63, 3.8) is 0 Å². The van der Waals surface area contributed by atoms with E-state index in [4.69, 9.17) is 0 Å². The van der Waals surface area contributed by atoms with E-state index in [1.165, 1.54) is 7.11 Å². The van der Waals surface area contributed by atoms with Gasteiger partial charge >= 0.3 is 5.97 Å². The maximum atomic E-state index is 11.6. The zero-order valence-corrected chi connectivity index (χ0v) is 9.49. The molecule has 15 heavy (non-hydrogen) atoms. The second-order valence-electron chi connectivity index (χ2n) is 3.87. The molecule has 4 nitrogen and oxygen atoms in total. The molecule has 4 heteroatoms. The van der Waals surface area contributed by atoms with Crippen molar-refractivity contribution >= 4 is 11.9 Å². The first-order chi connectivity index (χ1) is 7.19. The highest BCUT2D eigenvalue weighted by molar-refractivity contribution is 5.77. The molecule has 0 saturated carbocycles. The average Bonchev–Trinajstić information content (AvgIpc) is 2.28. The molecule has 0 aromatic rings. The highest BCUT2D eigenvalue weighted by Gasteiger charge is 2.27. The molecular weight excluding hydrogens is 194 g/mol. The van der Waals surface area contributed by atoms with Gasteiger partial charge in [0.25, 0.3) is 0 Å². The minimum Gasteiger partial charge on any atom is -0.469 e. The summed E-state index contributed by atoms with van der Waals surface area (Å²) >= 11 is 0. The first-order valence-corrected chi connectivity index (χ1v) is 5.55. The van der Waals surface area contributed by atoms with Gasteiger partial charge in [0.1, 0.15) is 0 Å². The van der Waals surface area contributed by atoms with Crippen LogP contribution in [0.1, 0.15) is 39.0 Å². The van der Waals surface area contributed by atoms with Gasteiger partial charge in [-0.05, 0) is 19.3 Å². The lowest BCUT2D eigenvalue weighted by Gasteiger charge is -2.35. The van der Waals surface area contributed by atoms with E-state index in [0.29, 0.717) is 12.8 Å². The summed E-state index contributed by atoms with van der Waals surface area (Å²) < 4.78 is 4.64. The van der Waals surface area contributed by atoms with Crippen molar-refractivity contribution in [2.75, 3.05) is 13.7 Å². The van der Waals surface area contributed by atoms with Crippen molar-refractivity contribution in [3.8, 4) is 0 Å². The Hall–Kier alpha value is -1.06. The van der Waals surface area contributed by atoms with Gasteiger partial charge in [0.05, 0.1) is 13.5 Å². The molecule has 1 heterocycles. The number of hydrogen-bond acceptors (Lipinski definition) is 3. The molecule has 0 aliphatic carbocycles. The zero-order chi connectivity index (χ0) is 11.3. The van der Waals surface area contributed by atoms with Crippen LogP contribution in [0.5, 0.6) is 0 Å². The predicted molar refractivity (Wildman–Crippen MR) is 56.3 cm³/mol. The minimum absolute atomic E-state index is 0.0543. The lowest BCUT2D eigenvalue weighted by Crippen LogP contribution is -2.44. The van der Waals surface area contributed by atoms with Gasteiger partial charge in [-0.2, -0.15) is 0 Å². The number of likely N-dealkylation sites (tertiary alicyclic amines) is 1. The fourth-order valence-electron chi connectivity index (χ4n) is 2.02. The summed E-state index contributed by atoms with van der Waals surface area (Å²) in [6, 6.07) is 0.0543. The molecule has 0 aromatic carbocycles. The van der Waals surface area contributed by atoms with Crippen LogP contribution in [0.4, 0.5) is 0 Å². The first-order valence-electron chi connectivity index (χ1n) is 5.55. The Bertz CT molecular complexity index is 240. The maximum Gasteiger partial charge on any atom is 0.307 e. The van der Waals surface area contributed by atoms with Crippen molar-refractivity contribution in [1.29, 1.82) is 0 Å². The lowest BCUT2D eigenvalue weighted by atomic mass is 9.99. The molecule has 0 aromatic heterocycles. The van der Waals surface area contributed by atoms with Crippen LogP contribution < -0.4 is 0 Å². The largest absolute Gasteiger partial charge is 0.469 e. The number of piperidine rings is 1. The quantitative estimate of drug-likeness (QED) is 0.665. The van der Waals surface area contributed by atoms with Gasteiger partial charge in [-0.1, -0.05) is 6.92 Å². The summed E-state index contributed by atoms with van der Waals surface area (Å²) in [6.45, 7) is 2.64. The van der Waals surface area contributed by atoms with Crippen LogP contribution >= 0.6 is 0 Å². The van der Waals surface area contributed by atoms with E-state index < -0.39 is 0 Å². The third-order valence-electron chi connectivity index (χ3n) is 2.88. The summed E-state index contributed by atoms with van der Waals surface area (Å²) in [5.41, 5.74) is 0. The Kier molecular flexibility index (Phi) is 4.59. The lowest BCUT2D eigenvalue weighted by molar-refractivity contribution is -0.144. The molecule has 0 bridgehead atoms. The SMILES string of the molecule is CCC(=O)N1CCCCC1CC(=O)OC. The molecule has 0 N–H and O–H groups in total. The third-order valence-corrected chi connectivity index (χ3v) is 2.88. The van der Waals surface area contributed by atoms with Crippen LogP contribution in [-0.2, 0) is 14.3 Å². The van der Waals surface area contributed by atoms with Gasteiger partial charge in [0.15, 0.2) is 0 Å². The Morgan fingerprint density at radius 3 is 2.73 bits per heavy atom. The molecule has 0 spiro atoms. The number of nitrogens with zero attached hydrogens (tertiary/aromatic N) is 1. The molecular formula is C11H19NO3. The number of amides is 1. The van der Waals surface area contributed by atoms with Crippen LogP contribution in [0.15, 0.2) is 0 Å². The predicted octanol–water partition coefficient (Wildman–Crippen LogP) is 1.34. The van der Waals surface area contributed by atoms with Crippen LogP contribution in [0.25, 0.3) is 0 Å². The van der Waals surface area contributed by atoms with Crippen LogP contribution in [0.3, 0.4) is 0 Å². The summed E-state index contributed by atoms with van der Waals surface area (Å²) in [7, 11) is 1.39. The van der Waals surface area contributed by atoms with E-state index in [9.17, 15) is 9.59 Å². The molecule has 0 radical (unpaired) electrons. The normalized spacial score (nSPS) is 21.2. The maximum absolute atomic E-state index is 11.6. The fourth-order valence-corrected chi connectivity index (χ4v) is 2.02. The Morgan fingerprint density at radius 1 is 1.40 bits per heavy atom. The number of methoxy groups -OCH3 is 1. The van der Waals surface area contributed by atoms with E-state index in [1.807, 2.05) is 11.8 Å². The molecule has 1 unspecified atom stereocenters.